The van der Waals surface area contributed by atoms with E-state index in [1.165, 1.54) is 0 Å². The fraction of sp³-hybridized carbons (Fsp3) is 0.545. The van der Waals surface area contributed by atoms with Gasteiger partial charge in [-0.2, -0.15) is 0 Å². The van der Waals surface area contributed by atoms with Gasteiger partial charge in [-0.3, -0.25) is 16.3 Å². The van der Waals surface area contributed by atoms with Gasteiger partial charge in [0.05, 0.1) is 11.6 Å². The van der Waals surface area contributed by atoms with Crippen LogP contribution in [0.25, 0.3) is 0 Å². The predicted octanol–water partition coefficient (Wildman–Crippen LogP) is 1.32. The van der Waals surface area contributed by atoms with Gasteiger partial charge in [0, 0.05) is 19.5 Å². The van der Waals surface area contributed by atoms with Gasteiger partial charge in [-0.15, -0.1) is 0 Å². The van der Waals surface area contributed by atoms with Crippen molar-refractivity contribution in [1.82, 2.24) is 10.4 Å². The Balaban J connectivity index is 3.08. The molecule has 4 heteroatoms. The molecular weight excluding hydrogens is 190 g/mol. The van der Waals surface area contributed by atoms with E-state index in [9.17, 15) is 0 Å². The molecule has 15 heavy (non-hydrogen) atoms. The fourth-order valence-corrected chi connectivity index (χ4v) is 1.56. The molecule has 0 amide bonds. The number of pyridine rings is 1. The number of nitrogens with zero attached hydrogens (tertiary/aromatic N) is 1. The first kappa shape index (κ1) is 12.1. The summed E-state index contributed by atoms with van der Waals surface area (Å²) in [5, 5.41) is 0. The van der Waals surface area contributed by atoms with Crippen LogP contribution in [0.4, 0.5) is 0 Å². The molecule has 4 nitrogen and oxygen atoms in total. The maximum Gasteiger partial charge on any atom is 0.0830 e. The van der Waals surface area contributed by atoms with Crippen LogP contribution in [0.3, 0.4) is 0 Å². The summed E-state index contributed by atoms with van der Waals surface area (Å²) in [5.74, 6) is 5.58. The zero-order valence-electron chi connectivity index (χ0n) is 9.74. The van der Waals surface area contributed by atoms with Gasteiger partial charge in [0.2, 0.25) is 0 Å². The minimum absolute atomic E-state index is 0.0730. The molecule has 0 aliphatic rings. The molecule has 1 heterocycles. The van der Waals surface area contributed by atoms with E-state index in [-0.39, 0.29) is 11.6 Å². The summed E-state index contributed by atoms with van der Waals surface area (Å²) in [6.07, 6.45) is 3.59. The first-order valence-electron chi connectivity index (χ1n) is 4.94. The largest absolute Gasteiger partial charge is 0.377 e. The smallest absolute Gasteiger partial charge is 0.0830 e. The molecule has 0 bridgehead atoms. The van der Waals surface area contributed by atoms with Crippen LogP contribution >= 0.6 is 0 Å². The molecule has 0 fully saturated rings. The standard InChI is InChI=1S/C11H19N3O/c1-8-5-6-13-7-9(8)10(14-12)11(2,3)15-4/h5-7,10,14H,12H2,1-4H3. The Bertz CT molecular complexity index is 325. The minimum Gasteiger partial charge on any atom is -0.377 e. The lowest BCUT2D eigenvalue weighted by Crippen LogP contribution is -2.44. The molecule has 3 N–H and O–H groups in total. The summed E-state index contributed by atoms with van der Waals surface area (Å²) in [7, 11) is 1.68. The number of ether oxygens (including phenoxy) is 1. The molecule has 1 unspecified atom stereocenters. The van der Waals surface area contributed by atoms with Crippen molar-refractivity contribution in [3.63, 3.8) is 0 Å². The Morgan fingerprint density at radius 2 is 2.20 bits per heavy atom. The van der Waals surface area contributed by atoms with Gasteiger partial charge in [0.1, 0.15) is 0 Å². The van der Waals surface area contributed by atoms with Crippen LogP contribution in [0.5, 0.6) is 0 Å². The van der Waals surface area contributed by atoms with Crippen LogP contribution in [0.2, 0.25) is 0 Å². The highest BCUT2D eigenvalue weighted by molar-refractivity contribution is 5.27. The molecular formula is C11H19N3O. The molecule has 1 aromatic rings. The van der Waals surface area contributed by atoms with Gasteiger partial charge in [0.25, 0.3) is 0 Å². The van der Waals surface area contributed by atoms with Crippen molar-refractivity contribution in [2.75, 3.05) is 7.11 Å². The first-order chi connectivity index (χ1) is 7.03. The fourth-order valence-electron chi connectivity index (χ4n) is 1.56. The normalized spacial score (nSPS) is 13.9. The Hall–Kier alpha value is -0.970. The van der Waals surface area contributed by atoms with Crippen molar-refractivity contribution < 1.29 is 4.74 Å². The van der Waals surface area contributed by atoms with Gasteiger partial charge in [-0.25, -0.2) is 0 Å². The molecule has 0 aliphatic heterocycles. The third kappa shape index (κ3) is 2.53. The SMILES string of the molecule is COC(C)(C)C(NN)c1cnccc1C. The van der Waals surface area contributed by atoms with Gasteiger partial charge < -0.3 is 4.74 Å². The highest BCUT2D eigenvalue weighted by Gasteiger charge is 2.30. The number of nitrogens with one attached hydrogen (secondary N) is 1. The molecule has 0 saturated carbocycles. The number of methoxy groups -OCH3 is 1. The number of hydrogen-bond acceptors (Lipinski definition) is 4. The van der Waals surface area contributed by atoms with Crippen molar-refractivity contribution in [1.29, 1.82) is 0 Å². The Labute approximate surface area is 90.8 Å². The van der Waals surface area contributed by atoms with Crippen molar-refractivity contribution in [3.8, 4) is 0 Å². The second-order valence-corrected chi connectivity index (χ2v) is 4.14. The monoisotopic (exact) mass is 209 g/mol. The average molecular weight is 209 g/mol. The van der Waals surface area contributed by atoms with E-state index in [0.717, 1.165) is 11.1 Å². The number of hydrazine groups is 1. The second kappa shape index (κ2) is 4.70. The first-order valence-corrected chi connectivity index (χ1v) is 4.94. The Kier molecular flexibility index (Phi) is 3.79. The molecule has 1 rings (SSSR count). The van der Waals surface area contributed by atoms with Gasteiger partial charge in [-0.05, 0) is 38.0 Å². The number of rotatable bonds is 4. The molecule has 0 aromatic carbocycles. The van der Waals surface area contributed by atoms with Gasteiger partial charge in [0.15, 0.2) is 0 Å². The van der Waals surface area contributed by atoms with Crippen molar-refractivity contribution in [2.24, 2.45) is 5.84 Å². The van der Waals surface area contributed by atoms with E-state index >= 15 is 0 Å². The highest BCUT2D eigenvalue weighted by Crippen LogP contribution is 2.28. The quantitative estimate of drug-likeness (QED) is 0.580. The van der Waals surface area contributed by atoms with Crippen LogP contribution < -0.4 is 11.3 Å². The van der Waals surface area contributed by atoms with E-state index in [0.29, 0.717) is 0 Å². The van der Waals surface area contributed by atoms with E-state index in [2.05, 4.69) is 10.4 Å². The van der Waals surface area contributed by atoms with E-state index in [1.54, 1.807) is 13.3 Å². The number of hydrogen-bond donors (Lipinski definition) is 2. The zero-order chi connectivity index (χ0) is 11.5. The summed E-state index contributed by atoms with van der Waals surface area (Å²) in [5.41, 5.74) is 4.63. The lowest BCUT2D eigenvalue weighted by atomic mass is 9.91. The molecule has 0 aliphatic carbocycles. The number of aromatic nitrogens is 1. The van der Waals surface area contributed by atoms with Crippen LogP contribution in [0.15, 0.2) is 18.5 Å². The lowest BCUT2D eigenvalue weighted by Gasteiger charge is -2.33. The lowest BCUT2D eigenvalue weighted by molar-refractivity contribution is -0.0114. The van der Waals surface area contributed by atoms with Crippen LogP contribution in [0, 0.1) is 6.92 Å². The average Bonchev–Trinajstić information content (AvgIpc) is 2.21. The number of nitrogens with two attached hydrogens (primary N) is 1. The van der Waals surface area contributed by atoms with Crippen molar-refractivity contribution in [3.05, 3.63) is 29.6 Å². The van der Waals surface area contributed by atoms with Gasteiger partial charge >= 0.3 is 0 Å². The second-order valence-electron chi connectivity index (χ2n) is 4.14. The minimum atomic E-state index is -0.372. The Morgan fingerprint density at radius 3 is 2.67 bits per heavy atom. The zero-order valence-corrected chi connectivity index (χ0v) is 9.74. The molecule has 1 atom stereocenters. The number of aryl methyl sites for hydroxylation is 1. The van der Waals surface area contributed by atoms with Crippen LogP contribution in [-0.4, -0.2) is 17.7 Å². The van der Waals surface area contributed by atoms with Crippen molar-refractivity contribution in [2.45, 2.75) is 32.4 Å². The topological polar surface area (TPSA) is 60.2 Å². The summed E-state index contributed by atoms with van der Waals surface area (Å²) >= 11 is 0. The summed E-state index contributed by atoms with van der Waals surface area (Å²) in [6.45, 7) is 6.01. The molecule has 0 spiro atoms. The van der Waals surface area contributed by atoms with Crippen molar-refractivity contribution >= 4 is 0 Å². The van der Waals surface area contributed by atoms with E-state index in [4.69, 9.17) is 10.6 Å². The molecule has 0 saturated heterocycles. The van der Waals surface area contributed by atoms with Crippen LogP contribution in [-0.2, 0) is 4.74 Å². The van der Waals surface area contributed by atoms with E-state index < -0.39 is 0 Å². The maximum atomic E-state index is 5.58. The summed E-state index contributed by atoms with van der Waals surface area (Å²) < 4.78 is 5.43. The van der Waals surface area contributed by atoms with Gasteiger partial charge in [-0.1, -0.05) is 0 Å². The summed E-state index contributed by atoms with van der Waals surface area (Å²) in [6, 6.07) is 1.89. The maximum absolute atomic E-state index is 5.58. The molecule has 84 valence electrons. The molecule has 0 radical (unpaired) electrons. The predicted molar refractivity (Wildman–Crippen MR) is 60.1 cm³/mol. The third-order valence-electron chi connectivity index (χ3n) is 2.78. The van der Waals surface area contributed by atoms with E-state index in [1.807, 2.05) is 33.0 Å². The third-order valence-corrected chi connectivity index (χ3v) is 2.78. The highest BCUT2D eigenvalue weighted by atomic mass is 16.5. The molecule has 1 aromatic heterocycles. The Morgan fingerprint density at radius 1 is 1.53 bits per heavy atom. The summed E-state index contributed by atoms with van der Waals surface area (Å²) in [4.78, 5) is 4.11. The van der Waals surface area contributed by atoms with Crippen LogP contribution in [0.1, 0.15) is 31.0 Å².